The maximum absolute atomic E-state index is 12.5. The molecule has 0 aliphatic rings. The number of nitrogens with zero attached hydrogens (tertiary/aromatic N) is 2. The zero-order valence-corrected chi connectivity index (χ0v) is 15.5. The lowest BCUT2D eigenvalue weighted by molar-refractivity contribution is 0.103. The van der Waals surface area contributed by atoms with Gasteiger partial charge in [0.2, 0.25) is 0 Å². The van der Waals surface area contributed by atoms with Crippen molar-refractivity contribution in [1.29, 1.82) is 0 Å². The van der Waals surface area contributed by atoms with E-state index in [1.807, 2.05) is 38.1 Å². The summed E-state index contributed by atoms with van der Waals surface area (Å²) >= 11 is 1.46. The van der Waals surface area contributed by atoms with Crippen molar-refractivity contribution in [2.75, 3.05) is 19.4 Å². The molecule has 0 saturated carbocycles. The lowest BCUT2D eigenvalue weighted by Crippen LogP contribution is -2.13. The fraction of sp³-hybridized carbons (Fsp3) is 0.444. The summed E-state index contributed by atoms with van der Waals surface area (Å²) in [5, 5.41) is 3.92. The number of aromatic nitrogens is 1. The smallest absolute Gasteiger partial charge is 0.267 e. The molecule has 1 heterocycles. The molecule has 0 fully saturated rings. The molecule has 0 atom stereocenters. The average Bonchev–Trinajstić information content (AvgIpc) is 2.78. The number of thiazole rings is 1. The molecular weight excluding hydrogens is 306 g/mol. The first-order chi connectivity index (χ1) is 10.7. The van der Waals surface area contributed by atoms with E-state index < -0.39 is 0 Å². The first kappa shape index (κ1) is 17.6. The van der Waals surface area contributed by atoms with Crippen molar-refractivity contribution in [1.82, 2.24) is 9.88 Å². The number of anilines is 1. The Morgan fingerprint density at radius 2 is 1.83 bits per heavy atom. The number of carbonyl (C=O) groups excluding carboxylic acids is 1. The van der Waals surface area contributed by atoms with Crippen LogP contribution in [0, 0.1) is 6.92 Å². The molecule has 0 spiro atoms. The fourth-order valence-corrected chi connectivity index (χ4v) is 3.32. The first-order valence-corrected chi connectivity index (χ1v) is 8.51. The highest BCUT2D eigenvalue weighted by atomic mass is 32.1. The van der Waals surface area contributed by atoms with Crippen molar-refractivity contribution in [3.05, 3.63) is 45.4 Å². The highest BCUT2D eigenvalue weighted by Gasteiger charge is 2.17. The molecule has 0 unspecified atom stereocenters. The molecule has 1 N–H and O–H groups in total. The summed E-state index contributed by atoms with van der Waals surface area (Å²) in [6.45, 7) is 9.15. The second-order valence-corrected chi connectivity index (χ2v) is 8.13. The third kappa shape index (κ3) is 4.62. The lowest BCUT2D eigenvalue weighted by Gasteiger charge is -2.19. The van der Waals surface area contributed by atoms with E-state index in [0.717, 1.165) is 22.9 Å². The first-order valence-electron chi connectivity index (χ1n) is 7.70. The van der Waals surface area contributed by atoms with Gasteiger partial charge in [0.25, 0.3) is 5.91 Å². The molecule has 2 rings (SSSR count). The Morgan fingerprint density at radius 3 is 2.35 bits per heavy atom. The van der Waals surface area contributed by atoms with Gasteiger partial charge in [-0.15, -0.1) is 11.3 Å². The van der Waals surface area contributed by atoms with E-state index in [9.17, 15) is 4.79 Å². The largest absolute Gasteiger partial charge is 0.321 e. The van der Waals surface area contributed by atoms with Crippen LogP contribution in [0.1, 0.15) is 46.7 Å². The van der Waals surface area contributed by atoms with Crippen molar-refractivity contribution in [3.8, 4) is 0 Å². The number of nitrogens with one attached hydrogen (secondary N) is 1. The minimum atomic E-state index is -0.0893. The molecule has 0 saturated heterocycles. The summed E-state index contributed by atoms with van der Waals surface area (Å²) in [7, 11) is 3.99. The van der Waals surface area contributed by atoms with E-state index in [2.05, 4.69) is 43.2 Å². The monoisotopic (exact) mass is 331 g/mol. The molecule has 0 aliphatic heterocycles. The quantitative estimate of drug-likeness (QED) is 0.919. The van der Waals surface area contributed by atoms with Crippen molar-refractivity contribution in [2.45, 2.75) is 39.7 Å². The van der Waals surface area contributed by atoms with Crippen LogP contribution in [0.5, 0.6) is 0 Å². The lowest BCUT2D eigenvalue weighted by atomic mass is 9.87. The van der Waals surface area contributed by atoms with E-state index in [4.69, 9.17) is 0 Å². The molecule has 124 valence electrons. The highest BCUT2D eigenvalue weighted by molar-refractivity contribution is 7.13. The van der Waals surface area contributed by atoms with Gasteiger partial charge in [0.1, 0.15) is 9.88 Å². The summed E-state index contributed by atoms with van der Waals surface area (Å²) in [4.78, 5) is 19.7. The Morgan fingerprint density at radius 1 is 1.22 bits per heavy atom. The molecule has 0 aliphatic carbocycles. The van der Waals surface area contributed by atoms with Gasteiger partial charge in [0, 0.05) is 12.2 Å². The molecule has 2 aromatic rings. The van der Waals surface area contributed by atoms with E-state index in [-0.39, 0.29) is 11.3 Å². The Hall–Kier alpha value is -1.72. The number of hydrogen-bond donors (Lipinski definition) is 1. The molecule has 1 aromatic carbocycles. The van der Waals surface area contributed by atoms with Crippen LogP contribution >= 0.6 is 11.3 Å². The van der Waals surface area contributed by atoms with Gasteiger partial charge in [-0.3, -0.25) is 4.79 Å². The molecule has 5 heteroatoms. The number of carbonyl (C=O) groups is 1. The van der Waals surface area contributed by atoms with Gasteiger partial charge >= 0.3 is 0 Å². The number of benzene rings is 1. The maximum Gasteiger partial charge on any atom is 0.267 e. The Kier molecular flexibility index (Phi) is 5.22. The zero-order chi connectivity index (χ0) is 17.2. The predicted octanol–water partition coefficient (Wildman–Crippen LogP) is 4.06. The van der Waals surface area contributed by atoms with Gasteiger partial charge in [0.05, 0.1) is 5.69 Å². The minimum Gasteiger partial charge on any atom is -0.321 e. The van der Waals surface area contributed by atoms with Gasteiger partial charge in [-0.2, -0.15) is 0 Å². The van der Waals surface area contributed by atoms with Gasteiger partial charge < -0.3 is 10.2 Å². The molecule has 23 heavy (non-hydrogen) atoms. The molecule has 0 bridgehead atoms. The second-order valence-electron chi connectivity index (χ2n) is 7.04. The molecule has 1 amide bonds. The van der Waals surface area contributed by atoms with Crippen molar-refractivity contribution in [3.63, 3.8) is 0 Å². The van der Waals surface area contributed by atoms with E-state index in [0.29, 0.717) is 4.88 Å². The van der Waals surface area contributed by atoms with Gasteiger partial charge in [0.15, 0.2) is 0 Å². The van der Waals surface area contributed by atoms with E-state index >= 15 is 0 Å². The second kappa shape index (κ2) is 6.81. The van der Waals surface area contributed by atoms with E-state index in [1.165, 1.54) is 16.9 Å². The maximum atomic E-state index is 12.5. The van der Waals surface area contributed by atoms with E-state index in [1.54, 1.807) is 0 Å². The van der Waals surface area contributed by atoms with Crippen molar-refractivity contribution >= 4 is 22.9 Å². The summed E-state index contributed by atoms with van der Waals surface area (Å²) in [5.74, 6) is -0.0893. The molecule has 1 aromatic heterocycles. The normalized spacial score (nSPS) is 11.8. The highest BCUT2D eigenvalue weighted by Crippen LogP contribution is 2.24. The zero-order valence-electron chi connectivity index (χ0n) is 14.7. The van der Waals surface area contributed by atoms with Crippen LogP contribution in [-0.4, -0.2) is 29.9 Å². The number of amides is 1. The van der Waals surface area contributed by atoms with Gasteiger partial charge in [-0.25, -0.2) is 4.98 Å². The van der Waals surface area contributed by atoms with Crippen LogP contribution in [0.15, 0.2) is 24.3 Å². The minimum absolute atomic E-state index is 0.0893. The molecule has 4 nitrogen and oxygen atoms in total. The standard InChI is InChI=1S/C18H25N3OS/c1-12-16(23-15(19-12)11-21(5)6)17(22)20-14-9-7-13(8-10-14)18(2,3)4/h7-10H,11H2,1-6H3,(H,20,22). The number of hydrogen-bond acceptors (Lipinski definition) is 4. The Labute approximate surface area is 142 Å². The Balaban J connectivity index is 2.11. The van der Waals surface area contributed by atoms with Crippen LogP contribution in [0.4, 0.5) is 5.69 Å². The summed E-state index contributed by atoms with van der Waals surface area (Å²) in [5.41, 5.74) is 2.95. The van der Waals surface area contributed by atoms with Crippen molar-refractivity contribution < 1.29 is 4.79 Å². The van der Waals surface area contributed by atoms with Crippen LogP contribution in [0.3, 0.4) is 0 Å². The summed E-state index contributed by atoms with van der Waals surface area (Å²) in [6, 6.07) is 8.03. The fourth-order valence-electron chi connectivity index (χ4n) is 2.24. The molecular formula is C18H25N3OS. The third-order valence-electron chi connectivity index (χ3n) is 3.51. The third-order valence-corrected chi connectivity index (χ3v) is 4.65. The van der Waals surface area contributed by atoms with Gasteiger partial charge in [-0.1, -0.05) is 32.9 Å². The summed E-state index contributed by atoms with van der Waals surface area (Å²) in [6.07, 6.45) is 0. The van der Waals surface area contributed by atoms with Crippen LogP contribution in [0.25, 0.3) is 0 Å². The Bertz CT molecular complexity index is 681. The van der Waals surface area contributed by atoms with Crippen molar-refractivity contribution in [2.24, 2.45) is 0 Å². The predicted molar refractivity (Wildman–Crippen MR) is 97.3 cm³/mol. The molecule has 0 radical (unpaired) electrons. The topological polar surface area (TPSA) is 45.2 Å². The van der Waals surface area contributed by atoms with Gasteiger partial charge in [-0.05, 0) is 44.1 Å². The number of rotatable bonds is 4. The van der Waals surface area contributed by atoms with Crippen LogP contribution in [0.2, 0.25) is 0 Å². The van der Waals surface area contributed by atoms with Crippen LogP contribution in [-0.2, 0) is 12.0 Å². The summed E-state index contributed by atoms with van der Waals surface area (Å²) < 4.78 is 0. The van der Waals surface area contributed by atoms with Crippen LogP contribution < -0.4 is 5.32 Å². The average molecular weight is 331 g/mol. The SMILES string of the molecule is Cc1nc(CN(C)C)sc1C(=O)Nc1ccc(C(C)(C)C)cc1. The number of aryl methyl sites for hydroxylation is 1.